The van der Waals surface area contributed by atoms with E-state index in [1.165, 1.54) is 0 Å². The Hall–Kier alpha value is -0.600. The van der Waals surface area contributed by atoms with Crippen LogP contribution in [0, 0.1) is 5.41 Å². The predicted molar refractivity (Wildman–Crippen MR) is 65.3 cm³/mol. The molecular formula is C12H19ClN2. The average Bonchev–Trinajstić information content (AvgIpc) is 2.14. The molecule has 0 aliphatic rings. The van der Waals surface area contributed by atoms with Gasteiger partial charge in [0.15, 0.2) is 0 Å². The number of hydrogen-bond donors (Lipinski definition) is 1. The van der Waals surface area contributed by atoms with Gasteiger partial charge in [-0.1, -0.05) is 32.4 Å². The van der Waals surface area contributed by atoms with Crippen molar-refractivity contribution < 1.29 is 0 Å². The second-order valence-corrected chi connectivity index (χ2v) is 5.29. The Kier molecular flexibility index (Phi) is 4.12. The smallest absolute Gasteiger partial charge is 0.0621 e. The normalized spacial score (nSPS) is 13.9. The first-order valence-corrected chi connectivity index (χ1v) is 5.58. The molecule has 0 aliphatic carbocycles. The number of likely N-dealkylation sites (N-methyl/N-ethyl adjacent to an activating group) is 1. The van der Waals surface area contributed by atoms with Crippen LogP contribution in [0.5, 0.6) is 0 Å². The maximum absolute atomic E-state index is 6.09. The van der Waals surface area contributed by atoms with Crippen LogP contribution in [0.1, 0.15) is 26.3 Å². The third-order valence-electron chi connectivity index (χ3n) is 2.67. The van der Waals surface area contributed by atoms with Crippen molar-refractivity contribution in [1.29, 1.82) is 0 Å². The molecular weight excluding hydrogens is 208 g/mol. The Bertz CT molecular complexity index is 318. The summed E-state index contributed by atoms with van der Waals surface area (Å²) in [4.78, 5) is 3.99. The van der Waals surface area contributed by atoms with Crippen molar-refractivity contribution in [2.75, 3.05) is 7.05 Å². The molecule has 1 aromatic rings. The third-order valence-corrected chi connectivity index (χ3v) is 3.01. The fourth-order valence-corrected chi connectivity index (χ4v) is 1.83. The molecule has 1 aromatic heterocycles. The second-order valence-electron chi connectivity index (χ2n) is 4.88. The van der Waals surface area contributed by atoms with Crippen LogP contribution in [0.4, 0.5) is 0 Å². The lowest BCUT2D eigenvalue weighted by atomic mass is 9.83. The number of rotatable bonds is 3. The maximum Gasteiger partial charge on any atom is 0.0621 e. The molecule has 1 heterocycles. The van der Waals surface area contributed by atoms with Crippen molar-refractivity contribution in [3.8, 4) is 0 Å². The van der Waals surface area contributed by atoms with Crippen LogP contribution in [-0.2, 0) is 6.42 Å². The monoisotopic (exact) mass is 226 g/mol. The molecule has 15 heavy (non-hydrogen) atoms. The molecule has 0 spiro atoms. The fourth-order valence-electron chi connectivity index (χ4n) is 1.63. The summed E-state index contributed by atoms with van der Waals surface area (Å²) in [7, 11) is 1.99. The van der Waals surface area contributed by atoms with E-state index in [-0.39, 0.29) is 5.41 Å². The summed E-state index contributed by atoms with van der Waals surface area (Å²) >= 11 is 6.09. The second kappa shape index (κ2) is 4.95. The third kappa shape index (κ3) is 3.47. The molecule has 3 heteroatoms. The summed E-state index contributed by atoms with van der Waals surface area (Å²) in [6.45, 7) is 6.68. The summed E-state index contributed by atoms with van der Waals surface area (Å²) in [5.41, 5.74) is 1.38. The van der Waals surface area contributed by atoms with Crippen molar-refractivity contribution >= 4 is 11.6 Å². The van der Waals surface area contributed by atoms with Gasteiger partial charge in [0.1, 0.15) is 0 Å². The van der Waals surface area contributed by atoms with Gasteiger partial charge in [-0.25, -0.2) is 0 Å². The Balaban J connectivity index is 2.80. The Labute approximate surface area is 97.1 Å². The minimum absolute atomic E-state index is 0.224. The molecule has 0 saturated carbocycles. The van der Waals surface area contributed by atoms with Crippen LogP contribution in [0.3, 0.4) is 0 Å². The zero-order valence-corrected chi connectivity index (χ0v) is 10.6. The average molecular weight is 227 g/mol. The maximum atomic E-state index is 6.09. The highest BCUT2D eigenvalue weighted by Crippen LogP contribution is 2.24. The number of nitrogens with zero attached hydrogens (tertiary/aromatic N) is 1. The van der Waals surface area contributed by atoms with Gasteiger partial charge in [0.05, 0.1) is 5.02 Å². The molecule has 0 aliphatic heterocycles. The molecule has 0 radical (unpaired) electrons. The zero-order chi connectivity index (χ0) is 11.5. The number of hydrogen-bond acceptors (Lipinski definition) is 2. The Morgan fingerprint density at radius 3 is 2.60 bits per heavy atom. The van der Waals surface area contributed by atoms with Gasteiger partial charge in [-0.3, -0.25) is 4.98 Å². The van der Waals surface area contributed by atoms with Gasteiger partial charge in [0, 0.05) is 18.4 Å². The van der Waals surface area contributed by atoms with E-state index in [9.17, 15) is 0 Å². The SMILES string of the molecule is CNC(Cc1ccncc1Cl)C(C)(C)C. The van der Waals surface area contributed by atoms with Gasteiger partial charge in [0.2, 0.25) is 0 Å². The minimum Gasteiger partial charge on any atom is -0.316 e. The van der Waals surface area contributed by atoms with E-state index in [2.05, 4.69) is 31.1 Å². The number of pyridine rings is 1. The van der Waals surface area contributed by atoms with Crippen LogP contribution in [0.2, 0.25) is 5.02 Å². The predicted octanol–water partition coefficient (Wildman–Crippen LogP) is 2.91. The van der Waals surface area contributed by atoms with E-state index in [1.54, 1.807) is 12.4 Å². The topological polar surface area (TPSA) is 24.9 Å². The number of aromatic nitrogens is 1. The van der Waals surface area contributed by atoms with Crippen LogP contribution in [-0.4, -0.2) is 18.1 Å². The van der Waals surface area contributed by atoms with Crippen LogP contribution >= 0.6 is 11.6 Å². The van der Waals surface area contributed by atoms with Gasteiger partial charge >= 0.3 is 0 Å². The van der Waals surface area contributed by atoms with Gasteiger partial charge in [-0.2, -0.15) is 0 Å². The standard InChI is InChI=1S/C12H19ClN2/c1-12(2,3)11(14-4)7-9-5-6-15-8-10(9)13/h5-6,8,11,14H,7H2,1-4H3. The van der Waals surface area contributed by atoms with Crippen LogP contribution < -0.4 is 5.32 Å². The van der Waals surface area contributed by atoms with Crippen molar-refractivity contribution in [2.45, 2.75) is 33.2 Å². The first kappa shape index (κ1) is 12.5. The van der Waals surface area contributed by atoms with E-state index in [0.29, 0.717) is 6.04 Å². The van der Waals surface area contributed by atoms with E-state index in [1.807, 2.05) is 13.1 Å². The Morgan fingerprint density at radius 2 is 2.13 bits per heavy atom. The van der Waals surface area contributed by atoms with Gasteiger partial charge in [0.25, 0.3) is 0 Å². The lowest BCUT2D eigenvalue weighted by Gasteiger charge is -2.30. The van der Waals surface area contributed by atoms with Crippen LogP contribution in [0.15, 0.2) is 18.5 Å². The molecule has 1 rings (SSSR count). The van der Waals surface area contributed by atoms with Crippen molar-refractivity contribution in [3.63, 3.8) is 0 Å². The van der Waals surface area contributed by atoms with Crippen LogP contribution in [0.25, 0.3) is 0 Å². The summed E-state index contributed by atoms with van der Waals surface area (Å²) < 4.78 is 0. The van der Waals surface area contributed by atoms with Gasteiger partial charge in [-0.05, 0) is 30.5 Å². The van der Waals surface area contributed by atoms with Crippen molar-refractivity contribution in [2.24, 2.45) is 5.41 Å². The highest BCUT2D eigenvalue weighted by molar-refractivity contribution is 6.31. The molecule has 84 valence electrons. The highest BCUT2D eigenvalue weighted by Gasteiger charge is 2.23. The lowest BCUT2D eigenvalue weighted by Crippen LogP contribution is -2.39. The van der Waals surface area contributed by atoms with E-state index in [4.69, 9.17) is 11.6 Å². The zero-order valence-electron chi connectivity index (χ0n) is 9.84. The molecule has 0 amide bonds. The molecule has 0 fully saturated rings. The first-order chi connectivity index (χ1) is 6.95. The molecule has 1 N–H and O–H groups in total. The number of halogens is 1. The van der Waals surface area contributed by atoms with Gasteiger partial charge < -0.3 is 5.32 Å². The lowest BCUT2D eigenvalue weighted by molar-refractivity contribution is 0.280. The number of nitrogens with one attached hydrogen (secondary N) is 1. The van der Waals surface area contributed by atoms with E-state index >= 15 is 0 Å². The summed E-state index contributed by atoms with van der Waals surface area (Å²) in [6, 6.07) is 2.40. The summed E-state index contributed by atoms with van der Waals surface area (Å²) in [5.74, 6) is 0. The van der Waals surface area contributed by atoms with Gasteiger partial charge in [-0.15, -0.1) is 0 Å². The minimum atomic E-state index is 0.224. The fraction of sp³-hybridized carbons (Fsp3) is 0.583. The molecule has 0 bridgehead atoms. The van der Waals surface area contributed by atoms with Crippen molar-refractivity contribution in [3.05, 3.63) is 29.0 Å². The van der Waals surface area contributed by atoms with E-state index in [0.717, 1.165) is 17.0 Å². The molecule has 1 unspecified atom stereocenters. The molecule has 0 saturated heterocycles. The highest BCUT2D eigenvalue weighted by atomic mass is 35.5. The Morgan fingerprint density at radius 1 is 1.47 bits per heavy atom. The largest absolute Gasteiger partial charge is 0.316 e. The van der Waals surface area contributed by atoms with Crippen molar-refractivity contribution in [1.82, 2.24) is 10.3 Å². The first-order valence-electron chi connectivity index (χ1n) is 5.21. The van der Waals surface area contributed by atoms with E-state index < -0.39 is 0 Å². The molecule has 0 aromatic carbocycles. The molecule has 2 nitrogen and oxygen atoms in total. The quantitative estimate of drug-likeness (QED) is 0.858. The molecule has 1 atom stereocenters. The summed E-state index contributed by atoms with van der Waals surface area (Å²) in [6.07, 6.45) is 4.42. The summed E-state index contributed by atoms with van der Waals surface area (Å²) in [5, 5.41) is 4.09.